The minimum atomic E-state index is -0.350. The van der Waals surface area contributed by atoms with Gasteiger partial charge in [-0.2, -0.15) is 4.68 Å². The Bertz CT molecular complexity index is 1620. The predicted molar refractivity (Wildman–Crippen MR) is 142 cm³/mol. The molecule has 3 heterocycles. The Balaban J connectivity index is 1.38. The summed E-state index contributed by atoms with van der Waals surface area (Å²) in [6, 6.07) is 19.6. The van der Waals surface area contributed by atoms with E-state index < -0.39 is 0 Å². The summed E-state index contributed by atoms with van der Waals surface area (Å²) >= 11 is 6.25. The number of benzene rings is 3. The van der Waals surface area contributed by atoms with E-state index in [1.165, 1.54) is 23.1 Å². The van der Waals surface area contributed by atoms with Gasteiger partial charge in [0.15, 0.2) is 0 Å². The number of amides is 1. The molecule has 1 fully saturated rings. The first-order chi connectivity index (χ1) is 18.6. The molecule has 1 saturated heterocycles. The van der Waals surface area contributed by atoms with Crippen molar-refractivity contribution >= 4 is 34.6 Å². The molecule has 10 heteroatoms. The number of halogens is 2. The van der Waals surface area contributed by atoms with Gasteiger partial charge < -0.3 is 9.88 Å². The van der Waals surface area contributed by atoms with E-state index in [1.54, 1.807) is 36.4 Å². The largest absolute Gasteiger partial charge is 0.340 e. The molecule has 0 bridgehead atoms. The number of fused-ring (bicyclic) bond motifs is 1. The lowest BCUT2D eigenvalue weighted by atomic mass is 9.83. The zero-order chi connectivity index (χ0) is 26.1. The predicted octanol–water partition coefficient (Wildman–Crippen LogP) is 5.49. The summed E-state index contributed by atoms with van der Waals surface area (Å²) in [7, 11) is 0. The molecule has 0 saturated carbocycles. The maximum absolute atomic E-state index is 13.9. The summed E-state index contributed by atoms with van der Waals surface area (Å²) in [6.07, 6.45) is 6.49. The van der Waals surface area contributed by atoms with E-state index in [-0.39, 0.29) is 23.7 Å². The fourth-order valence-electron chi connectivity index (χ4n) is 5.17. The van der Waals surface area contributed by atoms with E-state index in [4.69, 9.17) is 16.6 Å². The van der Waals surface area contributed by atoms with Gasteiger partial charge >= 0.3 is 0 Å². The van der Waals surface area contributed by atoms with Crippen LogP contribution in [0.4, 0.5) is 4.39 Å². The van der Waals surface area contributed by atoms with Crippen LogP contribution in [-0.4, -0.2) is 47.5 Å². The van der Waals surface area contributed by atoms with Gasteiger partial charge in [0.25, 0.3) is 0 Å². The second-order valence-corrected chi connectivity index (χ2v) is 9.65. The Kier molecular flexibility index (Phi) is 6.43. The van der Waals surface area contributed by atoms with Crippen LogP contribution in [0.25, 0.3) is 22.8 Å². The molecule has 0 spiro atoms. The number of H-pyrrole nitrogens is 1. The van der Waals surface area contributed by atoms with Gasteiger partial charge in [-0.05, 0) is 71.3 Å². The Morgan fingerprint density at radius 2 is 1.97 bits per heavy atom. The van der Waals surface area contributed by atoms with Crippen LogP contribution >= 0.6 is 11.6 Å². The fraction of sp³-hybridized carbons (Fsp3) is 0.179. The van der Waals surface area contributed by atoms with E-state index in [2.05, 4.69) is 32.6 Å². The average Bonchev–Trinajstić information content (AvgIpc) is 3.62. The summed E-state index contributed by atoms with van der Waals surface area (Å²) in [5, 5.41) is 11.9. The molecule has 0 aliphatic carbocycles. The van der Waals surface area contributed by atoms with Gasteiger partial charge in [-0.3, -0.25) is 4.79 Å². The van der Waals surface area contributed by atoms with Crippen molar-refractivity contribution in [3.63, 3.8) is 0 Å². The summed E-state index contributed by atoms with van der Waals surface area (Å²) < 4.78 is 15.4. The Hall–Kier alpha value is -4.37. The van der Waals surface area contributed by atoms with Crippen LogP contribution in [0.2, 0.25) is 5.02 Å². The number of carbonyl (C=O) groups excluding carboxylic acids is 1. The molecule has 2 aromatic heterocycles. The first-order valence-corrected chi connectivity index (χ1v) is 12.7. The average molecular weight is 528 g/mol. The highest BCUT2D eigenvalue weighted by Gasteiger charge is 2.37. The van der Waals surface area contributed by atoms with Crippen LogP contribution in [0.5, 0.6) is 0 Å². The van der Waals surface area contributed by atoms with Crippen molar-refractivity contribution in [1.82, 2.24) is 35.1 Å². The first-order valence-electron chi connectivity index (χ1n) is 12.3. The van der Waals surface area contributed by atoms with E-state index in [0.717, 1.165) is 18.4 Å². The van der Waals surface area contributed by atoms with Gasteiger partial charge in [0.05, 0.1) is 22.8 Å². The molecule has 5 aromatic rings. The van der Waals surface area contributed by atoms with Crippen LogP contribution in [0.3, 0.4) is 0 Å². The summed E-state index contributed by atoms with van der Waals surface area (Å²) in [6.45, 7) is 0.567. The van der Waals surface area contributed by atoms with Crippen molar-refractivity contribution in [2.75, 3.05) is 6.54 Å². The van der Waals surface area contributed by atoms with Crippen molar-refractivity contribution < 1.29 is 9.18 Å². The Morgan fingerprint density at radius 3 is 2.79 bits per heavy atom. The molecule has 2 unspecified atom stereocenters. The monoisotopic (exact) mass is 527 g/mol. The van der Waals surface area contributed by atoms with E-state index >= 15 is 0 Å². The Labute approximate surface area is 222 Å². The lowest BCUT2D eigenvalue weighted by molar-refractivity contribution is -0.130. The molecule has 2 atom stereocenters. The SMILES string of the molecule is O=C(/C=C/c1cc(Cl)ccc1-n1cnnn1)N1CCCC(c2ccccc2)C1c1nc2ccc(F)cc2[nH]1. The number of hydrogen-bond acceptors (Lipinski definition) is 5. The number of aromatic nitrogens is 6. The molecule has 3 aromatic carbocycles. The first kappa shape index (κ1) is 24.0. The van der Waals surface area contributed by atoms with Crippen LogP contribution in [0.15, 0.2) is 79.1 Å². The maximum Gasteiger partial charge on any atom is 0.247 e. The number of imidazole rings is 1. The van der Waals surface area contributed by atoms with E-state index in [0.29, 0.717) is 39.7 Å². The third-order valence-corrected chi connectivity index (χ3v) is 7.11. The number of likely N-dealkylation sites (tertiary alicyclic amines) is 1. The maximum atomic E-state index is 13.9. The van der Waals surface area contributed by atoms with Crippen LogP contribution in [0, 0.1) is 5.82 Å². The number of rotatable bonds is 5. The second-order valence-electron chi connectivity index (χ2n) is 9.21. The molecule has 0 radical (unpaired) electrons. The van der Waals surface area contributed by atoms with Crippen molar-refractivity contribution in [2.24, 2.45) is 0 Å². The third-order valence-electron chi connectivity index (χ3n) is 6.88. The van der Waals surface area contributed by atoms with Gasteiger partial charge in [-0.1, -0.05) is 41.9 Å². The Morgan fingerprint density at radius 1 is 1.11 bits per heavy atom. The molecule has 8 nitrogen and oxygen atoms in total. The normalized spacial score (nSPS) is 17.9. The minimum absolute atomic E-state index is 0.0238. The van der Waals surface area contributed by atoms with Gasteiger partial charge in [-0.15, -0.1) is 5.10 Å². The number of piperidine rings is 1. The molecular formula is C28H23ClFN7O. The van der Waals surface area contributed by atoms with Crippen molar-refractivity contribution in [3.8, 4) is 5.69 Å². The highest BCUT2D eigenvalue weighted by molar-refractivity contribution is 6.30. The standard InChI is InChI=1S/C28H23ClFN7O/c29-20-9-12-25(37-17-31-34-35-37)19(15-20)8-13-26(38)36-14-4-7-22(18-5-2-1-3-6-18)27(36)28-32-23-11-10-21(30)16-24(23)33-28/h1-3,5-6,8-13,15-17,22,27H,4,7,14H2,(H,32,33)/b13-8+. The number of carbonyl (C=O) groups is 1. The second kappa shape index (κ2) is 10.2. The van der Waals surface area contributed by atoms with Crippen LogP contribution in [0.1, 0.15) is 41.8 Å². The molecule has 1 aliphatic rings. The molecule has 38 heavy (non-hydrogen) atoms. The molecule has 1 aliphatic heterocycles. The lowest BCUT2D eigenvalue weighted by Gasteiger charge is -2.40. The van der Waals surface area contributed by atoms with Crippen molar-refractivity contribution in [1.29, 1.82) is 0 Å². The molecule has 1 N–H and O–H groups in total. The zero-order valence-corrected chi connectivity index (χ0v) is 21.0. The molecular weight excluding hydrogens is 505 g/mol. The quantitative estimate of drug-likeness (QED) is 0.305. The van der Waals surface area contributed by atoms with Gasteiger partial charge in [0.1, 0.15) is 18.0 Å². The topological polar surface area (TPSA) is 92.6 Å². The summed E-state index contributed by atoms with van der Waals surface area (Å²) in [5.41, 5.74) is 3.78. The lowest BCUT2D eigenvalue weighted by Crippen LogP contribution is -2.41. The van der Waals surface area contributed by atoms with E-state index in [9.17, 15) is 9.18 Å². The number of hydrogen-bond donors (Lipinski definition) is 1. The minimum Gasteiger partial charge on any atom is -0.340 e. The van der Waals surface area contributed by atoms with Crippen molar-refractivity contribution in [2.45, 2.75) is 24.8 Å². The fourth-order valence-corrected chi connectivity index (χ4v) is 5.35. The number of aromatic amines is 1. The summed E-state index contributed by atoms with van der Waals surface area (Å²) in [5.74, 6) is 0.158. The van der Waals surface area contributed by atoms with Crippen LogP contribution < -0.4 is 0 Å². The van der Waals surface area contributed by atoms with E-state index in [1.807, 2.05) is 23.1 Å². The highest BCUT2D eigenvalue weighted by Crippen LogP contribution is 2.42. The van der Waals surface area contributed by atoms with Crippen molar-refractivity contribution in [3.05, 3.63) is 107 Å². The van der Waals surface area contributed by atoms with Gasteiger partial charge in [0, 0.05) is 29.1 Å². The third kappa shape index (κ3) is 4.68. The highest BCUT2D eigenvalue weighted by atomic mass is 35.5. The smallest absolute Gasteiger partial charge is 0.247 e. The van der Waals surface area contributed by atoms with Crippen LogP contribution in [-0.2, 0) is 4.79 Å². The molecule has 6 rings (SSSR count). The molecule has 1 amide bonds. The zero-order valence-electron chi connectivity index (χ0n) is 20.2. The molecule has 190 valence electrons. The van der Waals surface area contributed by atoms with Gasteiger partial charge in [-0.25, -0.2) is 9.37 Å². The number of nitrogens with one attached hydrogen (secondary N) is 1. The number of tetrazole rings is 1. The number of nitrogens with zero attached hydrogens (tertiary/aromatic N) is 6. The van der Waals surface area contributed by atoms with Gasteiger partial charge in [0.2, 0.25) is 5.91 Å². The summed E-state index contributed by atoms with van der Waals surface area (Å²) in [4.78, 5) is 23.6.